The minimum absolute atomic E-state index is 0. The Balaban J connectivity index is 0.00000280. The molecule has 1 N–H and O–H groups in total. The van der Waals surface area contributed by atoms with Gasteiger partial charge >= 0.3 is 12.1 Å². The van der Waals surface area contributed by atoms with Gasteiger partial charge in [-0.3, -0.25) is 4.79 Å². The van der Waals surface area contributed by atoms with Crippen LogP contribution < -0.4 is 5.32 Å². The number of nitrogens with one attached hydrogen (secondary N) is 1. The van der Waals surface area contributed by atoms with Crippen LogP contribution in [-0.2, 0) is 4.79 Å². The predicted molar refractivity (Wildman–Crippen MR) is 88.2 cm³/mol. The molecule has 1 aliphatic carbocycles. The lowest BCUT2D eigenvalue weighted by Gasteiger charge is -2.48. The highest BCUT2D eigenvalue weighted by atomic mass is 35.5. The number of amides is 1. The van der Waals surface area contributed by atoms with Crippen molar-refractivity contribution in [3.63, 3.8) is 0 Å². The van der Waals surface area contributed by atoms with E-state index in [1.165, 1.54) is 0 Å². The van der Waals surface area contributed by atoms with E-state index in [0.717, 1.165) is 18.2 Å². The van der Waals surface area contributed by atoms with Crippen LogP contribution in [0.5, 0.6) is 0 Å². The van der Waals surface area contributed by atoms with E-state index >= 15 is 0 Å². The van der Waals surface area contributed by atoms with E-state index in [-0.39, 0.29) is 37.4 Å². The highest BCUT2D eigenvalue weighted by molar-refractivity contribution is 5.85. The topological polar surface area (TPSA) is 32.3 Å². The lowest BCUT2D eigenvalue weighted by atomic mass is 9.83. The zero-order valence-corrected chi connectivity index (χ0v) is 15.2. The Morgan fingerprint density at radius 3 is 2.36 bits per heavy atom. The summed E-state index contributed by atoms with van der Waals surface area (Å²) in [4.78, 5) is 12.3. The molecule has 3 rings (SSSR count). The van der Waals surface area contributed by atoms with Gasteiger partial charge < -0.3 is 10.2 Å². The molecule has 1 aromatic carbocycles. The van der Waals surface area contributed by atoms with Gasteiger partial charge in [0.05, 0.1) is 0 Å². The normalized spacial score (nSPS) is 24.8. The Morgan fingerprint density at radius 1 is 1.14 bits per heavy atom. The number of nitrogens with zero attached hydrogens (tertiary/aromatic N) is 1. The summed E-state index contributed by atoms with van der Waals surface area (Å²) in [5.74, 6) is -6.72. The third-order valence-corrected chi connectivity index (χ3v) is 5.04. The summed E-state index contributed by atoms with van der Waals surface area (Å²) in [6.07, 6.45) is -6.91. The first-order valence-corrected chi connectivity index (χ1v) is 8.43. The largest absolute Gasteiger partial charge is 0.471 e. The molecular formula is C17H18ClF7N2O. The van der Waals surface area contributed by atoms with Crippen molar-refractivity contribution < 1.29 is 35.5 Å². The minimum atomic E-state index is -5.20. The Bertz CT molecular complexity index is 720. The molecule has 3 nitrogen and oxygen atoms in total. The molecule has 28 heavy (non-hydrogen) atoms. The van der Waals surface area contributed by atoms with Crippen LogP contribution in [0.15, 0.2) is 18.2 Å². The molecule has 1 aromatic rings. The van der Waals surface area contributed by atoms with Gasteiger partial charge in [0.25, 0.3) is 5.92 Å². The second kappa shape index (κ2) is 8.06. The number of benzene rings is 1. The van der Waals surface area contributed by atoms with Crippen LogP contribution in [0.2, 0.25) is 0 Å². The summed E-state index contributed by atoms with van der Waals surface area (Å²) >= 11 is 0. The van der Waals surface area contributed by atoms with Gasteiger partial charge in [-0.2, -0.15) is 13.2 Å². The van der Waals surface area contributed by atoms with Crippen molar-refractivity contribution >= 4 is 18.3 Å². The standard InChI is InChI=1S/C17H17F7N2O.ClH/c18-9-1-2-13(19)12(5-9)14-6-10(3-4-25-14)26(15(27)17(22,23)24)11-7-16(20,21)8-11;/h1-2,5,10-11,14,25H,3-4,6-8H2;1H/t10-,14+;/m1./s1. The second-order valence-electron chi connectivity index (χ2n) is 6.98. The molecule has 1 saturated heterocycles. The summed E-state index contributed by atoms with van der Waals surface area (Å²) < 4.78 is 92.8. The zero-order valence-electron chi connectivity index (χ0n) is 14.4. The van der Waals surface area contributed by atoms with E-state index in [0.29, 0.717) is 4.90 Å². The fourth-order valence-corrected chi connectivity index (χ4v) is 3.77. The van der Waals surface area contributed by atoms with Crippen LogP contribution in [0.4, 0.5) is 30.7 Å². The Labute approximate surface area is 162 Å². The van der Waals surface area contributed by atoms with Crippen LogP contribution in [0.1, 0.15) is 37.3 Å². The summed E-state index contributed by atoms with van der Waals surface area (Å²) in [6.45, 7) is 0.135. The number of alkyl halides is 5. The highest BCUT2D eigenvalue weighted by Gasteiger charge is 2.55. The maximum atomic E-state index is 14.0. The van der Waals surface area contributed by atoms with Gasteiger partial charge in [-0.1, -0.05) is 0 Å². The smallest absolute Gasteiger partial charge is 0.328 e. The Kier molecular flexibility index (Phi) is 6.54. The molecule has 2 fully saturated rings. The average molecular weight is 435 g/mol. The summed E-state index contributed by atoms with van der Waals surface area (Å²) in [5, 5.41) is 2.88. The molecule has 1 heterocycles. The number of hydrogen-bond acceptors (Lipinski definition) is 2. The molecule has 2 aliphatic rings. The quantitative estimate of drug-likeness (QED) is 0.717. The van der Waals surface area contributed by atoms with E-state index in [4.69, 9.17) is 0 Å². The number of rotatable bonds is 3. The van der Waals surface area contributed by atoms with Crippen LogP contribution in [0.3, 0.4) is 0 Å². The molecule has 0 bridgehead atoms. The SMILES string of the molecule is Cl.O=C(N(C1CC(F)(F)C1)[C@@H]1CCN[C@H](c2cc(F)ccc2F)C1)C(F)(F)F. The van der Waals surface area contributed by atoms with Crippen molar-refractivity contribution in [2.75, 3.05) is 6.54 Å². The number of hydrogen-bond donors (Lipinski definition) is 1. The monoisotopic (exact) mass is 434 g/mol. The first-order chi connectivity index (χ1) is 12.5. The minimum Gasteiger partial charge on any atom is -0.328 e. The van der Waals surface area contributed by atoms with Crippen molar-refractivity contribution in [3.05, 3.63) is 35.4 Å². The second-order valence-corrected chi connectivity index (χ2v) is 6.98. The molecule has 1 saturated carbocycles. The van der Waals surface area contributed by atoms with Crippen LogP contribution >= 0.6 is 12.4 Å². The molecule has 0 aromatic heterocycles. The Hall–Kier alpha value is -1.55. The fraction of sp³-hybridized carbons (Fsp3) is 0.588. The molecule has 158 valence electrons. The zero-order chi connectivity index (χ0) is 20.0. The van der Waals surface area contributed by atoms with Gasteiger partial charge in [0.2, 0.25) is 0 Å². The van der Waals surface area contributed by atoms with E-state index in [1.54, 1.807) is 0 Å². The molecule has 0 unspecified atom stereocenters. The summed E-state index contributed by atoms with van der Waals surface area (Å²) in [5.41, 5.74) is -0.0713. The molecule has 1 aliphatic heterocycles. The van der Waals surface area contributed by atoms with Crippen molar-refractivity contribution in [1.82, 2.24) is 10.2 Å². The van der Waals surface area contributed by atoms with E-state index in [1.807, 2.05) is 0 Å². The van der Waals surface area contributed by atoms with Crippen molar-refractivity contribution in [2.24, 2.45) is 0 Å². The Morgan fingerprint density at radius 2 is 1.79 bits per heavy atom. The van der Waals surface area contributed by atoms with Crippen molar-refractivity contribution in [3.8, 4) is 0 Å². The molecule has 0 spiro atoms. The van der Waals surface area contributed by atoms with E-state index in [9.17, 15) is 35.5 Å². The molecular weight excluding hydrogens is 417 g/mol. The summed E-state index contributed by atoms with van der Waals surface area (Å²) in [7, 11) is 0. The molecule has 0 radical (unpaired) electrons. The number of carbonyl (C=O) groups excluding carboxylic acids is 1. The molecule has 11 heteroatoms. The van der Waals surface area contributed by atoms with Gasteiger partial charge in [0, 0.05) is 36.5 Å². The van der Waals surface area contributed by atoms with Gasteiger partial charge in [-0.25, -0.2) is 17.6 Å². The first-order valence-electron chi connectivity index (χ1n) is 8.43. The number of carbonyl (C=O) groups is 1. The van der Waals surface area contributed by atoms with Gasteiger partial charge in [0.1, 0.15) is 11.6 Å². The maximum absolute atomic E-state index is 14.0. The number of piperidine rings is 1. The fourth-order valence-electron chi connectivity index (χ4n) is 3.77. The third-order valence-electron chi connectivity index (χ3n) is 5.04. The molecule has 2 atom stereocenters. The maximum Gasteiger partial charge on any atom is 0.471 e. The van der Waals surface area contributed by atoms with Crippen molar-refractivity contribution in [2.45, 2.75) is 55.9 Å². The van der Waals surface area contributed by atoms with Gasteiger partial charge in [0.15, 0.2) is 0 Å². The summed E-state index contributed by atoms with van der Waals surface area (Å²) in [6, 6.07) is -0.313. The van der Waals surface area contributed by atoms with Gasteiger partial charge in [-0.15, -0.1) is 12.4 Å². The van der Waals surface area contributed by atoms with Crippen LogP contribution in [-0.4, -0.2) is 41.5 Å². The van der Waals surface area contributed by atoms with Gasteiger partial charge in [-0.05, 0) is 37.6 Å². The first kappa shape index (κ1) is 22.7. The van der Waals surface area contributed by atoms with E-state index in [2.05, 4.69) is 5.32 Å². The molecule has 1 amide bonds. The lowest BCUT2D eigenvalue weighted by Crippen LogP contribution is -2.61. The van der Waals surface area contributed by atoms with Crippen molar-refractivity contribution in [1.29, 1.82) is 0 Å². The van der Waals surface area contributed by atoms with Crippen LogP contribution in [0, 0.1) is 11.6 Å². The highest BCUT2D eigenvalue weighted by Crippen LogP contribution is 2.44. The lowest BCUT2D eigenvalue weighted by molar-refractivity contribution is -0.203. The van der Waals surface area contributed by atoms with E-state index < -0.39 is 60.6 Å². The third kappa shape index (κ3) is 4.71. The number of halogens is 8. The van der Waals surface area contributed by atoms with Crippen LogP contribution in [0.25, 0.3) is 0 Å². The average Bonchev–Trinajstić information content (AvgIpc) is 2.55. The predicted octanol–water partition coefficient (Wildman–Crippen LogP) is 4.37.